The first-order valence-corrected chi connectivity index (χ1v) is 10.9. The van der Waals surface area contributed by atoms with Crippen molar-refractivity contribution in [2.45, 2.75) is 83.8 Å². The first-order chi connectivity index (χ1) is 11.9. The number of aliphatic hydroxyl groups is 2. The maximum atomic E-state index is 10.2. The number of nitrogens with zero attached hydrogens (tertiary/aromatic N) is 1. The Morgan fingerprint density at radius 1 is 0.920 bits per heavy atom. The van der Waals surface area contributed by atoms with E-state index in [0.29, 0.717) is 16.9 Å². The van der Waals surface area contributed by atoms with Gasteiger partial charge in [-0.15, -0.1) is 0 Å². The van der Waals surface area contributed by atoms with Crippen molar-refractivity contribution in [3.05, 3.63) is 0 Å². The smallest absolute Gasteiger partial charge is 0.0558 e. The van der Waals surface area contributed by atoms with Gasteiger partial charge in [0.2, 0.25) is 0 Å². The van der Waals surface area contributed by atoms with E-state index in [9.17, 15) is 10.2 Å². The third-order valence-electron chi connectivity index (χ3n) is 9.57. The third kappa shape index (κ3) is 2.72. The van der Waals surface area contributed by atoms with Crippen molar-refractivity contribution in [2.24, 2.45) is 34.5 Å². The predicted molar refractivity (Wildman–Crippen MR) is 101 cm³/mol. The Morgan fingerprint density at radius 2 is 1.64 bits per heavy atom. The van der Waals surface area contributed by atoms with E-state index in [-0.39, 0.29) is 12.7 Å². The highest BCUT2D eigenvalue weighted by atomic mass is 16.3. The molecule has 0 spiro atoms. The van der Waals surface area contributed by atoms with Gasteiger partial charge in [0, 0.05) is 12.6 Å². The Hall–Kier alpha value is -0.120. The molecule has 4 fully saturated rings. The highest BCUT2D eigenvalue weighted by Crippen LogP contribution is 2.66. The van der Waals surface area contributed by atoms with Crippen LogP contribution in [-0.2, 0) is 0 Å². The zero-order valence-corrected chi connectivity index (χ0v) is 16.6. The van der Waals surface area contributed by atoms with Crippen LogP contribution in [0.2, 0.25) is 0 Å². The molecule has 3 nitrogen and oxygen atoms in total. The first-order valence-electron chi connectivity index (χ1n) is 10.9. The lowest BCUT2D eigenvalue weighted by Gasteiger charge is -2.61. The highest BCUT2D eigenvalue weighted by Gasteiger charge is 2.60. The van der Waals surface area contributed by atoms with Crippen LogP contribution in [0, 0.1) is 34.5 Å². The molecule has 2 N–H and O–H groups in total. The molecule has 0 bridgehead atoms. The van der Waals surface area contributed by atoms with Crippen LogP contribution in [0.15, 0.2) is 0 Å². The summed E-state index contributed by atoms with van der Waals surface area (Å²) in [6.07, 6.45) is 11.5. The summed E-state index contributed by atoms with van der Waals surface area (Å²) in [5.74, 6) is 3.43. The maximum Gasteiger partial charge on any atom is 0.0558 e. The van der Waals surface area contributed by atoms with Crippen LogP contribution >= 0.6 is 0 Å². The highest BCUT2D eigenvalue weighted by molar-refractivity contribution is 5.11. The molecule has 0 amide bonds. The zero-order chi connectivity index (χ0) is 17.8. The van der Waals surface area contributed by atoms with Crippen molar-refractivity contribution in [3.63, 3.8) is 0 Å². The fraction of sp³-hybridized carbons (Fsp3) is 1.00. The lowest BCUT2D eigenvalue weighted by molar-refractivity contribution is -0.128. The standard InChI is InChI=1S/C22H39NO2/c1-21-10-8-16(25)14-15(21)4-5-17-18-6-7-20(23(3)12-13-24)22(18,2)11-9-19(17)21/h15-20,24-25H,4-14H2,1-3H3/t15-,16?,17?,18?,19?,20?,21-,22-/m0/s1. The lowest BCUT2D eigenvalue weighted by atomic mass is 9.45. The summed E-state index contributed by atoms with van der Waals surface area (Å²) in [6, 6.07) is 0.657. The van der Waals surface area contributed by atoms with Gasteiger partial charge in [-0.1, -0.05) is 13.8 Å². The number of likely N-dealkylation sites (N-methyl/N-ethyl adjacent to an activating group) is 1. The average Bonchev–Trinajstić information content (AvgIpc) is 2.93. The Morgan fingerprint density at radius 3 is 2.40 bits per heavy atom. The molecule has 0 heterocycles. The van der Waals surface area contributed by atoms with Crippen LogP contribution in [0.25, 0.3) is 0 Å². The molecular formula is C22H39NO2. The topological polar surface area (TPSA) is 43.7 Å². The van der Waals surface area contributed by atoms with Gasteiger partial charge >= 0.3 is 0 Å². The van der Waals surface area contributed by atoms with Gasteiger partial charge in [0.1, 0.15) is 0 Å². The largest absolute Gasteiger partial charge is 0.395 e. The molecule has 0 aromatic rings. The molecule has 4 saturated carbocycles. The second kappa shape index (κ2) is 6.49. The molecule has 0 radical (unpaired) electrons. The van der Waals surface area contributed by atoms with Gasteiger partial charge in [-0.05, 0) is 99.3 Å². The second-order valence-corrected chi connectivity index (χ2v) is 10.4. The van der Waals surface area contributed by atoms with Crippen LogP contribution in [-0.4, -0.2) is 47.5 Å². The van der Waals surface area contributed by atoms with E-state index in [1.54, 1.807) is 0 Å². The number of rotatable bonds is 3. The number of aliphatic hydroxyl groups excluding tert-OH is 2. The second-order valence-electron chi connectivity index (χ2n) is 10.4. The van der Waals surface area contributed by atoms with Crippen molar-refractivity contribution in [1.82, 2.24) is 4.90 Å². The predicted octanol–water partition coefficient (Wildman–Crippen LogP) is 3.68. The van der Waals surface area contributed by atoms with E-state index in [1.165, 1.54) is 44.9 Å². The van der Waals surface area contributed by atoms with Gasteiger partial charge in [-0.3, -0.25) is 0 Å². The molecule has 144 valence electrons. The Balaban J connectivity index is 1.56. The van der Waals surface area contributed by atoms with Crippen molar-refractivity contribution in [1.29, 1.82) is 0 Å². The molecule has 4 aliphatic rings. The Labute approximate surface area is 154 Å². The van der Waals surface area contributed by atoms with E-state index in [4.69, 9.17) is 0 Å². The summed E-state index contributed by atoms with van der Waals surface area (Å²) in [5.41, 5.74) is 0.932. The molecule has 0 aromatic heterocycles. The van der Waals surface area contributed by atoms with Gasteiger partial charge in [0.15, 0.2) is 0 Å². The van der Waals surface area contributed by atoms with Gasteiger partial charge < -0.3 is 15.1 Å². The van der Waals surface area contributed by atoms with E-state index in [2.05, 4.69) is 25.8 Å². The van der Waals surface area contributed by atoms with E-state index < -0.39 is 0 Å². The molecule has 0 aliphatic heterocycles. The molecule has 5 unspecified atom stereocenters. The van der Waals surface area contributed by atoms with Gasteiger partial charge in [0.25, 0.3) is 0 Å². The number of fused-ring (bicyclic) bond motifs is 5. The molecule has 0 aromatic carbocycles. The molecule has 8 atom stereocenters. The quantitative estimate of drug-likeness (QED) is 0.817. The average molecular weight is 350 g/mol. The van der Waals surface area contributed by atoms with Crippen LogP contribution in [0.1, 0.15) is 71.6 Å². The summed E-state index contributed by atoms with van der Waals surface area (Å²) in [6.45, 7) is 6.24. The van der Waals surface area contributed by atoms with Gasteiger partial charge in [-0.2, -0.15) is 0 Å². The zero-order valence-electron chi connectivity index (χ0n) is 16.6. The summed E-state index contributed by atoms with van der Waals surface area (Å²) >= 11 is 0. The first kappa shape index (κ1) is 18.3. The third-order valence-corrected chi connectivity index (χ3v) is 9.57. The Kier molecular flexibility index (Phi) is 4.74. The fourth-order valence-electron chi connectivity index (χ4n) is 8.25. The maximum absolute atomic E-state index is 10.2. The minimum Gasteiger partial charge on any atom is -0.395 e. The van der Waals surface area contributed by atoms with Crippen LogP contribution in [0.5, 0.6) is 0 Å². The minimum absolute atomic E-state index is 0.0357. The summed E-state index contributed by atoms with van der Waals surface area (Å²) in [4.78, 5) is 2.45. The molecule has 4 rings (SSSR count). The number of hydrogen-bond acceptors (Lipinski definition) is 3. The molecule has 4 aliphatic carbocycles. The Bertz CT molecular complexity index is 496. The van der Waals surface area contributed by atoms with Crippen molar-refractivity contribution in [3.8, 4) is 0 Å². The molecule has 0 saturated heterocycles. The molecule has 25 heavy (non-hydrogen) atoms. The van der Waals surface area contributed by atoms with Crippen molar-refractivity contribution in [2.75, 3.05) is 20.2 Å². The van der Waals surface area contributed by atoms with Crippen LogP contribution in [0.3, 0.4) is 0 Å². The van der Waals surface area contributed by atoms with Crippen molar-refractivity contribution >= 4 is 0 Å². The minimum atomic E-state index is -0.0357. The lowest BCUT2D eigenvalue weighted by Crippen LogP contribution is -2.56. The van der Waals surface area contributed by atoms with Gasteiger partial charge in [0.05, 0.1) is 12.7 Å². The van der Waals surface area contributed by atoms with Crippen LogP contribution < -0.4 is 0 Å². The monoisotopic (exact) mass is 349 g/mol. The van der Waals surface area contributed by atoms with E-state index in [0.717, 1.165) is 43.1 Å². The SMILES string of the molecule is CN(CCO)C1CCC2C3CC[C@H]4CC(O)CC[C@]4(C)C3CC[C@@]21C. The van der Waals surface area contributed by atoms with Gasteiger partial charge in [-0.25, -0.2) is 0 Å². The number of hydrogen-bond donors (Lipinski definition) is 2. The summed E-state index contributed by atoms with van der Waals surface area (Å²) in [5, 5.41) is 19.6. The summed E-state index contributed by atoms with van der Waals surface area (Å²) in [7, 11) is 2.22. The van der Waals surface area contributed by atoms with E-state index >= 15 is 0 Å². The summed E-state index contributed by atoms with van der Waals surface area (Å²) < 4.78 is 0. The van der Waals surface area contributed by atoms with Crippen LogP contribution in [0.4, 0.5) is 0 Å². The van der Waals surface area contributed by atoms with E-state index in [1.807, 2.05) is 0 Å². The molecule has 3 heteroatoms. The fourth-order valence-corrected chi connectivity index (χ4v) is 8.25. The molecular weight excluding hydrogens is 310 g/mol. The van der Waals surface area contributed by atoms with Crippen molar-refractivity contribution < 1.29 is 10.2 Å². The normalized spacial score (nSPS) is 52.6.